The largest absolute Gasteiger partial charge is 0.394 e. The van der Waals surface area contributed by atoms with E-state index in [2.05, 4.69) is 20.3 Å². The van der Waals surface area contributed by atoms with Gasteiger partial charge >= 0.3 is 6.18 Å². The second-order valence-corrected chi connectivity index (χ2v) is 10.0. The van der Waals surface area contributed by atoms with E-state index in [1.807, 2.05) is 0 Å². The molecule has 1 atom stereocenters. The monoisotopic (exact) mass is 486 g/mol. The van der Waals surface area contributed by atoms with Gasteiger partial charge in [-0.3, -0.25) is 4.72 Å². The summed E-state index contributed by atoms with van der Waals surface area (Å²) >= 11 is 7.13. The summed E-state index contributed by atoms with van der Waals surface area (Å²) in [6, 6.07) is 1.31. The van der Waals surface area contributed by atoms with E-state index in [0.29, 0.717) is 0 Å². The highest BCUT2D eigenvalue weighted by Crippen LogP contribution is 2.60. The molecule has 30 heavy (non-hydrogen) atoms. The lowest BCUT2D eigenvalue weighted by Crippen LogP contribution is -2.39. The SMILES string of the molecule is CNC(CNc1cc(F)c(S(=O)(=O)Nc2nccs2)cc1Cl)CC1(C(F)(F)F)CC1. The van der Waals surface area contributed by atoms with E-state index in [0.717, 1.165) is 23.5 Å². The van der Waals surface area contributed by atoms with E-state index in [1.165, 1.54) is 6.20 Å². The molecule has 0 amide bonds. The van der Waals surface area contributed by atoms with Crippen LogP contribution in [0.15, 0.2) is 28.6 Å². The third-order valence-electron chi connectivity index (χ3n) is 5.00. The van der Waals surface area contributed by atoms with Crippen molar-refractivity contribution < 1.29 is 26.0 Å². The summed E-state index contributed by atoms with van der Waals surface area (Å²) in [5.41, 5.74) is -1.60. The van der Waals surface area contributed by atoms with Crippen LogP contribution in [-0.4, -0.2) is 39.2 Å². The van der Waals surface area contributed by atoms with Crippen molar-refractivity contribution >= 4 is 43.8 Å². The molecule has 13 heteroatoms. The number of likely N-dealkylation sites (N-methyl/N-ethyl adjacent to an activating group) is 1. The molecular weight excluding hydrogens is 468 g/mol. The average Bonchev–Trinajstić information content (AvgIpc) is 3.29. The molecule has 3 N–H and O–H groups in total. The Bertz CT molecular complexity index is 996. The number of nitrogens with zero attached hydrogens (tertiary/aromatic N) is 1. The van der Waals surface area contributed by atoms with Gasteiger partial charge in [0.1, 0.15) is 10.7 Å². The second kappa shape index (κ2) is 8.48. The fraction of sp³-hybridized carbons (Fsp3) is 0.471. The van der Waals surface area contributed by atoms with Gasteiger partial charge in [-0.1, -0.05) is 11.6 Å². The Labute approximate surface area is 180 Å². The number of alkyl halides is 3. The van der Waals surface area contributed by atoms with Crippen molar-refractivity contribution in [1.29, 1.82) is 0 Å². The third-order valence-corrected chi connectivity index (χ3v) is 7.49. The first-order valence-electron chi connectivity index (χ1n) is 8.87. The Morgan fingerprint density at radius 2 is 2.03 bits per heavy atom. The minimum atomic E-state index is -4.27. The molecular formula is C17H19ClF4N4O2S2. The highest BCUT2D eigenvalue weighted by Gasteiger charge is 2.63. The van der Waals surface area contributed by atoms with Gasteiger partial charge in [-0.25, -0.2) is 17.8 Å². The summed E-state index contributed by atoms with van der Waals surface area (Å²) in [6.45, 7) is 0.0525. The van der Waals surface area contributed by atoms with E-state index in [4.69, 9.17) is 11.6 Å². The third kappa shape index (κ3) is 4.98. The van der Waals surface area contributed by atoms with Crippen LogP contribution in [0.4, 0.5) is 28.4 Å². The van der Waals surface area contributed by atoms with Crippen molar-refractivity contribution in [2.75, 3.05) is 23.6 Å². The summed E-state index contributed by atoms with van der Waals surface area (Å²) in [4.78, 5) is 3.12. The number of rotatable bonds is 9. The first-order valence-corrected chi connectivity index (χ1v) is 11.6. The van der Waals surface area contributed by atoms with Gasteiger partial charge in [0.05, 0.1) is 16.1 Å². The van der Waals surface area contributed by atoms with Gasteiger partial charge in [-0.05, 0) is 38.4 Å². The maximum Gasteiger partial charge on any atom is 0.394 e. The molecule has 0 saturated heterocycles. The average molecular weight is 487 g/mol. The van der Waals surface area contributed by atoms with Crippen LogP contribution in [0.25, 0.3) is 0 Å². The zero-order valence-corrected chi connectivity index (χ0v) is 18.1. The minimum Gasteiger partial charge on any atom is -0.382 e. The lowest BCUT2D eigenvalue weighted by Gasteiger charge is -2.25. The molecule has 0 aliphatic heterocycles. The number of hydrogen-bond donors (Lipinski definition) is 3. The molecule has 1 unspecified atom stereocenters. The summed E-state index contributed by atoms with van der Waals surface area (Å²) in [5.74, 6) is -1.05. The molecule has 1 saturated carbocycles. The smallest absolute Gasteiger partial charge is 0.382 e. The van der Waals surface area contributed by atoms with Crippen LogP contribution < -0.4 is 15.4 Å². The molecule has 1 heterocycles. The topological polar surface area (TPSA) is 83.1 Å². The summed E-state index contributed by atoms with van der Waals surface area (Å²) in [6.07, 6.45) is -2.83. The van der Waals surface area contributed by atoms with Gasteiger partial charge in [0.2, 0.25) is 0 Å². The number of hydrogen-bond acceptors (Lipinski definition) is 6. The number of anilines is 2. The van der Waals surface area contributed by atoms with Crippen LogP contribution in [0.3, 0.4) is 0 Å². The highest BCUT2D eigenvalue weighted by molar-refractivity contribution is 7.93. The van der Waals surface area contributed by atoms with Crippen molar-refractivity contribution in [1.82, 2.24) is 10.3 Å². The van der Waals surface area contributed by atoms with Crippen molar-refractivity contribution in [2.45, 2.75) is 36.4 Å². The molecule has 0 radical (unpaired) electrons. The van der Waals surface area contributed by atoms with Crippen molar-refractivity contribution in [3.63, 3.8) is 0 Å². The molecule has 1 aliphatic carbocycles. The first kappa shape index (κ1) is 23.0. The molecule has 2 aromatic rings. The molecule has 1 aliphatic rings. The molecule has 1 fully saturated rings. The summed E-state index contributed by atoms with van der Waals surface area (Å²) < 4.78 is 80.9. The van der Waals surface area contributed by atoms with Crippen LogP contribution in [0.5, 0.6) is 0 Å². The lowest BCUT2D eigenvalue weighted by atomic mass is 9.96. The van der Waals surface area contributed by atoms with E-state index < -0.39 is 38.4 Å². The maximum absolute atomic E-state index is 14.5. The number of aromatic nitrogens is 1. The van der Waals surface area contributed by atoms with E-state index in [9.17, 15) is 26.0 Å². The summed E-state index contributed by atoms with van der Waals surface area (Å²) in [5, 5.41) is 7.17. The van der Waals surface area contributed by atoms with Gasteiger partial charge in [0, 0.05) is 24.2 Å². The van der Waals surface area contributed by atoms with Crippen LogP contribution in [0.2, 0.25) is 5.02 Å². The summed E-state index contributed by atoms with van der Waals surface area (Å²) in [7, 11) is -2.71. The number of halogens is 5. The van der Waals surface area contributed by atoms with Crippen LogP contribution >= 0.6 is 22.9 Å². The van der Waals surface area contributed by atoms with E-state index in [-0.39, 0.29) is 41.6 Å². The van der Waals surface area contributed by atoms with E-state index >= 15 is 0 Å². The van der Waals surface area contributed by atoms with Crippen molar-refractivity contribution in [3.05, 3.63) is 34.5 Å². The highest BCUT2D eigenvalue weighted by atomic mass is 35.5. The zero-order valence-electron chi connectivity index (χ0n) is 15.7. The van der Waals surface area contributed by atoms with Gasteiger partial charge in [0.15, 0.2) is 5.13 Å². The molecule has 3 rings (SSSR count). The second-order valence-electron chi connectivity index (χ2n) is 7.05. The predicted octanol–water partition coefficient (Wildman–Crippen LogP) is 4.47. The van der Waals surface area contributed by atoms with Crippen LogP contribution in [0.1, 0.15) is 19.3 Å². The number of thiazole rings is 1. The maximum atomic E-state index is 14.5. The quantitative estimate of drug-likeness (QED) is 0.455. The normalized spacial score (nSPS) is 16.9. The Morgan fingerprint density at radius 3 is 2.57 bits per heavy atom. The van der Waals surface area contributed by atoms with E-state index in [1.54, 1.807) is 12.4 Å². The van der Waals surface area contributed by atoms with Crippen LogP contribution in [0, 0.1) is 11.2 Å². The Kier molecular flexibility index (Phi) is 6.51. The van der Waals surface area contributed by atoms with Gasteiger partial charge in [0.25, 0.3) is 10.0 Å². The molecule has 0 bridgehead atoms. The molecule has 0 spiro atoms. The molecule has 166 valence electrons. The number of sulfonamides is 1. The van der Waals surface area contributed by atoms with Crippen molar-refractivity contribution in [2.24, 2.45) is 5.41 Å². The minimum absolute atomic E-state index is 0.0525. The number of nitrogens with one attached hydrogen (secondary N) is 3. The Morgan fingerprint density at radius 1 is 1.33 bits per heavy atom. The number of benzene rings is 1. The lowest BCUT2D eigenvalue weighted by molar-refractivity contribution is -0.190. The Hall–Kier alpha value is -1.63. The standard InChI is InChI=1S/C17H19ClF4N4O2S2/c1-23-10(8-16(2-3-16)17(20,21)22)9-25-13-7-12(19)14(6-11(13)18)30(27,28)26-15-24-4-5-29-15/h4-7,10,23,25H,2-3,8-9H2,1H3,(H,24,26). The Balaban J connectivity index is 1.71. The van der Waals surface area contributed by atoms with Gasteiger partial charge in [-0.15, -0.1) is 11.3 Å². The fourth-order valence-electron chi connectivity index (χ4n) is 3.05. The van der Waals surface area contributed by atoms with Gasteiger partial charge < -0.3 is 10.6 Å². The molecule has 1 aromatic carbocycles. The zero-order chi connectivity index (χ0) is 22.2. The molecule has 1 aromatic heterocycles. The fourth-order valence-corrected chi connectivity index (χ4v) is 5.22. The van der Waals surface area contributed by atoms with Crippen molar-refractivity contribution in [3.8, 4) is 0 Å². The molecule has 6 nitrogen and oxygen atoms in total. The van der Waals surface area contributed by atoms with Gasteiger partial charge in [-0.2, -0.15) is 13.2 Å². The first-order chi connectivity index (χ1) is 14.0. The van der Waals surface area contributed by atoms with Crippen LogP contribution in [-0.2, 0) is 10.0 Å². The predicted molar refractivity (Wildman–Crippen MR) is 108 cm³/mol.